The molecule has 0 saturated heterocycles. The van der Waals surface area contributed by atoms with Crippen molar-refractivity contribution >= 4 is 16.9 Å². The molecule has 2 N–H and O–H groups in total. The van der Waals surface area contributed by atoms with Crippen LogP contribution in [0.4, 0.5) is 0 Å². The minimum absolute atomic E-state index is 0.393. The van der Waals surface area contributed by atoms with Gasteiger partial charge in [-0.3, -0.25) is 9.78 Å². The van der Waals surface area contributed by atoms with E-state index in [1.807, 2.05) is 37.3 Å². The average Bonchev–Trinajstić information content (AvgIpc) is 2.46. The van der Waals surface area contributed by atoms with Gasteiger partial charge in [0.1, 0.15) is 5.52 Å². The summed E-state index contributed by atoms with van der Waals surface area (Å²) < 4.78 is 0. The van der Waals surface area contributed by atoms with E-state index in [0.29, 0.717) is 16.6 Å². The Hall–Kier alpha value is -2.75. The summed E-state index contributed by atoms with van der Waals surface area (Å²) in [7, 11) is 0. The first-order valence-corrected chi connectivity index (χ1v) is 6.28. The third-order valence-corrected chi connectivity index (χ3v) is 3.19. The Morgan fingerprint density at radius 3 is 2.55 bits per heavy atom. The van der Waals surface area contributed by atoms with Crippen LogP contribution >= 0.6 is 0 Å². The molecule has 0 radical (unpaired) electrons. The van der Waals surface area contributed by atoms with Gasteiger partial charge in [0, 0.05) is 5.56 Å². The number of carbonyl (C=O) groups excluding carboxylic acids is 1. The molecule has 4 nitrogen and oxygen atoms in total. The summed E-state index contributed by atoms with van der Waals surface area (Å²) in [5, 5.41) is 0. The summed E-state index contributed by atoms with van der Waals surface area (Å²) in [4.78, 5) is 20.3. The second-order valence-corrected chi connectivity index (χ2v) is 4.66. The highest BCUT2D eigenvalue weighted by Crippen LogP contribution is 2.21. The predicted octanol–water partition coefficient (Wildman–Crippen LogP) is 2.70. The summed E-state index contributed by atoms with van der Waals surface area (Å²) in [6, 6.07) is 13.2. The molecule has 0 unspecified atom stereocenters. The smallest absolute Gasteiger partial charge is 0.250 e. The van der Waals surface area contributed by atoms with Crippen molar-refractivity contribution in [3.05, 3.63) is 59.8 Å². The number of hydrogen-bond donors (Lipinski definition) is 1. The molecule has 0 aliphatic heterocycles. The number of rotatable bonds is 2. The fourth-order valence-electron chi connectivity index (χ4n) is 2.10. The van der Waals surface area contributed by atoms with E-state index < -0.39 is 5.91 Å². The molecule has 3 aromatic rings. The minimum Gasteiger partial charge on any atom is -0.366 e. The third kappa shape index (κ3) is 2.12. The molecule has 2 aromatic carbocycles. The lowest BCUT2D eigenvalue weighted by molar-refractivity contribution is 0.100. The number of nitrogens with two attached hydrogens (primary N) is 1. The SMILES string of the molecule is Cc1ccc(-c2cnc3cccc(C(N)=O)c3n2)cc1. The molecule has 1 heterocycles. The standard InChI is InChI=1S/C16H13N3O/c1-10-5-7-11(8-6-10)14-9-18-13-4-2-3-12(16(17)20)15(13)19-14/h2-9H,1H3,(H2,17,20). The van der Waals surface area contributed by atoms with Gasteiger partial charge in [0.05, 0.1) is 23.0 Å². The fourth-order valence-corrected chi connectivity index (χ4v) is 2.10. The Bertz CT molecular complexity index is 794. The quantitative estimate of drug-likeness (QED) is 0.772. The first-order valence-electron chi connectivity index (χ1n) is 6.28. The van der Waals surface area contributed by atoms with Gasteiger partial charge in [-0.15, -0.1) is 0 Å². The first kappa shape index (κ1) is 12.3. The lowest BCUT2D eigenvalue weighted by Gasteiger charge is -2.05. The molecule has 20 heavy (non-hydrogen) atoms. The van der Waals surface area contributed by atoms with Crippen LogP contribution in [0.5, 0.6) is 0 Å². The van der Waals surface area contributed by atoms with Gasteiger partial charge in [-0.2, -0.15) is 0 Å². The van der Waals surface area contributed by atoms with Crippen LogP contribution in [0.2, 0.25) is 0 Å². The molecule has 0 aliphatic rings. The van der Waals surface area contributed by atoms with Gasteiger partial charge in [0.25, 0.3) is 5.91 Å². The number of hydrogen-bond acceptors (Lipinski definition) is 3. The van der Waals surface area contributed by atoms with Gasteiger partial charge in [-0.1, -0.05) is 35.9 Å². The monoisotopic (exact) mass is 263 g/mol. The molecule has 98 valence electrons. The molecule has 1 aromatic heterocycles. The maximum atomic E-state index is 11.5. The van der Waals surface area contributed by atoms with Gasteiger partial charge >= 0.3 is 0 Å². The third-order valence-electron chi connectivity index (χ3n) is 3.19. The van der Waals surface area contributed by atoms with Crippen molar-refractivity contribution in [1.82, 2.24) is 9.97 Å². The van der Waals surface area contributed by atoms with Crippen molar-refractivity contribution < 1.29 is 4.79 Å². The van der Waals surface area contributed by atoms with Gasteiger partial charge in [-0.25, -0.2) is 4.98 Å². The van der Waals surface area contributed by atoms with Crippen LogP contribution in [0.1, 0.15) is 15.9 Å². The van der Waals surface area contributed by atoms with E-state index in [-0.39, 0.29) is 0 Å². The molecule has 1 amide bonds. The number of aromatic nitrogens is 2. The molecule has 0 fully saturated rings. The molecule has 0 saturated carbocycles. The molecular formula is C16H13N3O. The normalized spacial score (nSPS) is 10.7. The lowest BCUT2D eigenvalue weighted by Crippen LogP contribution is -2.12. The van der Waals surface area contributed by atoms with Gasteiger partial charge in [0.15, 0.2) is 0 Å². The fraction of sp³-hybridized carbons (Fsp3) is 0.0625. The highest BCUT2D eigenvalue weighted by Gasteiger charge is 2.10. The van der Waals surface area contributed by atoms with E-state index in [1.165, 1.54) is 5.56 Å². The van der Waals surface area contributed by atoms with Crippen LogP contribution in [0.15, 0.2) is 48.7 Å². The van der Waals surface area contributed by atoms with Gasteiger partial charge in [0.2, 0.25) is 0 Å². The Morgan fingerprint density at radius 2 is 1.85 bits per heavy atom. The van der Waals surface area contributed by atoms with Crippen LogP contribution in [-0.2, 0) is 0 Å². The molecule has 4 heteroatoms. The van der Waals surface area contributed by atoms with Crippen molar-refractivity contribution in [2.75, 3.05) is 0 Å². The molecule has 3 rings (SSSR count). The van der Waals surface area contributed by atoms with E-state index in [9.17, 15) is 4.79 Å². The van der Waals surface area contributed by atoms with Crippen LogP contribution < -0.4 is 5.73 Å². The van der Waals surface area contributed by atoms with Gasteiger partial charge in [-0.05, 0) is 19.1 Å². The zero-order valence-corrected chi connectivity index (χ0v) is 11.0. The van der Waals surface area contributed by atoms with Crippen LogP contribution in [0.25, 0.3) is 22.3 Å². The second kappa shape index (κ2) is 4.74. The highest BCUT2D eigenvalue weighted by molar-refractivity contribution is 6.04. The summed E-state index contributed by atoms with van der Waals surface area (Å²) in [5.41, 5.74) is 9.85. The zero-order valence-electron chi connectivity index (χ0n) is 11.0. The Kier molecular flexibility index (Phi) is 2.91. The maximum absolute atomic E-state index is 11.5. The molecule has 0 aliphatic carbocycles. The lowest BCUT2D eigenvalue weighted by atomic mass is 10.1. The van der Waals surface area contributed by atoms with Crippen LogP contribution in [0, 0.1) is 6.92 Å². The van der Waals surface area contributed by atoms with Crippen molar-refractivity contribution in [2.45, 2.75) is 6.92 Å². The molecule has 0 spiro atoms. The Balaban J connectivity index is 2.21. The van der Waals surface area contributed by atoms with Crippen molar-refractivity contribution in [3.8, 4) is 11.3 Å². The van der Waals surface area contributed by atoms with E-state index >= 15 is 0 Å². The molecular weight excluding hydrogens is 250 g/mol. The topological polar surface area (TPSA) is 68.9 Å². The van der Waals surface area contributed by atoms with Crippen LogP contribution in [0.3, 0.4) is 0 Å². The van der Waals surface area contributed by atoms with Crippen molar-refractivity contribution in [2.24, 2.45) is 5.73 Å². The number of aryl methyl sites for hydroxylation is 1. The Morgan fingerprint density at radius 1 is 1.10 bits per heavy atom. The summed E-state index contributed by atoms with van der Waals surface area (Å²) >= 11 is 0. The largest absolute Gasteiger partial charge is 0.366 e. The van der Waals surface area contributed by atoms with E-state index in [1.54, 1.807) is 18.3 Å². The van der Waals surface area contributed by atoms with Crippen LogP contribution in [-0.4, -0.2) is 15.9 Å². The summed E-state index contributed by atoms with van der Waals surface area (Å²) in [5.74, 6) is -0.494. The first-order chi connectivity index (χ1) is 9.65. The predicted molar refractivity (Wildman–Crippen MR) is 78.2 cm³/mol. The van der Waals surface area contributed by atoms with E-state index in [0.717, 1.165) is 11.3 Å². The number of nitrogens with zero attached hydrogens (tertiary/aromatic N) is 2. The highest BCUT2D eigenvalue weighted by atomic mass is 16.1. The van der Waals surface area contributed by atoms with Crippen molar-refractivity contribution in [1.29, 1.82) is 0 Å². The average molecular weight is 263 g/mol. The second-order valence-electron chi connectivity index (χ2n) is 4.66. The Labute approximate surface area is 116 Å². The van der Waals surface area contributed by atoms with E-state index in [2.05, 4.69) is 9.97 Å². The van der Waals surface area contributed by atoms with E-state index in [4.69, 9.17) is 5.73 Å². The summed E-state index contributed by atoms with van der Waals surface area (Å²) in [6.07, 6.45) is 1.71. The summed E-state index contributed by atoms with van der Waals surface area (Å²) in [6.45, 7) is 2.03. The number of benzene rings is 2. The number of amides is 1. The zero-order chi connectivity index (χ0) is 14.1. The number of para-hydroxylation sites is 1. The number of fused-ring (bicyclic) bond motifs is 1. The molecule has 0 atom stereocenters. The maximum Gasteiger partial charge on any atom is 0.250 e. The molecule has 0 bridgehead atoms. The number of carbonyl (C=O) groups is 1. The number of primary amides is 1. The van der Waals surface area contributed by atoms with Gasteiger partial charge < -0.3 is 5.73 Å². The minimum atomic E-state index is -0.494. The van der Waals surface area contributed by atoms with Crippen molar-refractivity contribution in [3.63, 3.8) is 0 Å².